The maximum absolute atomic E-state index is 12.5. The Morgan fingerprint density at radius 1 is 0.365 bits per heavy atom. The summed E-state index contributed by atoms with van der Waals surface area (Å²) in [7, 11) is 0. The molecule has 0 aromatic carbocycles. The van der Waals surface area contributed by atoms with E-state index in [1.165, 1.54) is 321 Å². The second-order valence-corrected chi connectivity index (χ2v) is 23.5. The van der Waals surface area contributed by atoms with Crippen LogP contribution in [0.5, 0.6) is 0 Å². The third-order valence-electron chi connectivity index (χ3n) is 16.1. The summed E-state index contributed by atoms with van der Waals surface area (Å²) in [5.41, 5.74) is 0. The van der Waals surface area contributed by atoms with E-state index >= 15 is 0 Å². The van der Waals surface area contributed by atoms with Gasteiger partial charge in [0, 0.05) is 12.8 Å². The Hall–Kier alpha value is -1.40. The highest BCUT2D eigenvalue weighted by molar-refractivity contribution is 5.76. The summed E-state index contributed by atoms with van der Waals surface area (Å²) in [5.74, 6) is -0.0438. The molecule has 0 bridgehead atoms. The average molecular weight is 1040 g/mol. The zero-order valence-electron chi connectivity index (χ0n) is 50.4. The quantitative estimate of drug-likeness (QED) is 0.0320. The second kappa shape index (κ2) is 64.1. The lowest BCUT2D eigenvalue weighted by Crippen LogP contribution is -2.45. The molecule has 0 aliphatic heterocycles. The van der Waals surface area contributed by atoms with Crippen LogP contribution in [0.3, 0.4) is 0 Å². The molecule has 0 rings (SSSR count). The number of esters is 1. The Morgan fingerprint density at radius 3 is 0.919 bits per heavy atom. The minimum Gasteiger partial charge on any atom is -0.466 e. The number of allylic oxidation sites excluding steroid dienone is 1. The van der Waals surface area contributed by atoms with Crippen LogP contribution in [0.25, 0.3) is 0 Å². The van der Waals surface area contributed by atoms with Crippen molar-refractivity contribution in [3.8, 4) is 0 Å². The summed E-state index contributed by atoms with van der Waals surface area (Å²) < 4.78 is 5.51. The molecule has 1 amide bonds. The molecule has 3 N–H and O–H groups in total. The van der Waals surface area contributed by atoms with Crippen LogP contribution in [0.1, 0.15) is 386 Å². The van der Waals surface area contributed by atoms with Gasteiger partial charge in [0.05, 0.1) is 25.4 Å². The van der Waals surface area contributed by atoms with Gasteiger partial charge in [0.1, 0.15) is 0 Å². The molecule has 6 nitrogen and oxygen atoms in total. The normalized spacial score (nSPS) is 12.5. The van der Waals surface area contributed by atoms with E-state index in [1.807, 2.05) is 6.08 Å². The van der Waals surface area contributed by atoms with Crippen LogP contribution in [0.15, 0.2) is 12.2 Å². The van der Waals surface area contributed by atoms with Crippen molar-refractivity contribution in [2.75, 3.05) is 13.2 Å². The van der Waals surface area contributed by atoms with Crippen molar-refractivity contribution >= 4 is 11.9 Å². The van der Waals surface area contributed by atoms with Crippen LogP contribution in [0.4, 0.5) is 0 Å². The number of hydrogen-bond donors (Lipinski definition) is 3. The zero-order chi connectivity index (χ0) is 53.6. The fraction of sp³-hybridized carbons (Fsp3) is 0.941. The maximum atomic E-state index is 12.5. The van der Waals surface area contributed by atoms with Crippen molar-refractivity contribution in [3.05, 3.63) is 12.2 Å². The van der Waals surface area contributed by atoms with Crippen molar-refractivity contribution in [2.24, 2.45) is 0 Å². The molecule has 0 heterocycles. The van der Waals surface area contributed by atoms with Gasteiger partial charge in [-0.2, -0.15) is 0 Å². The number of rotatable bonds is 64. The van der Waals surface area contributed by atoms with E-state index in [2.05, 4.69) is 19.2 Å². The lowest BCUT2D eigenvalue weighted by Gasteiger charge is -2.20. The standard InChI is InChI=1S/C68H133NO5/c1-3-5-7-9-11-13-15-17-19-29-34-38-42-46-50-54-58-62-68(73)74-63-59-55-51-47-43-39-35-31-28-26-24-22-21-23-25-27-30-33-37-41-45-49-53-57-61-67(72)69-65(64-70)66(71)60-56-52-48-44-40-36-32-20-18-16-14-12-10-8-6-4-2/h56,60,65-66,70-71H,3-55,57-59,61-64H2,1-2H3,(H,69,72)/b60-56+. The summed E-state index contributed by atoms with van der Waals surface area (Å²) >= 11 is 0. The van der Waals surface area contributed by atoms with Crippen LogP contribution >= 0.6 is 0 Å². The Labute approximate surface area is 463 Å². The van der Waals surface area contributed by atoms with E-state index in [9.17, 15) is 19.8 Å². The predicted octanol–water partition coefficient (Wildman–Crippen LogP) is 21.6. The van der Waals surface area contributed by atoms with Crippen LogP contribution in [0.2, 0.25) is 0 Å². The number of carbonyl (C=O) groups excluding carboxylic acids is 2. The number of amides is 1. The Balaban J connectivity index is 3.36. The van der Waals surface area contributed by atoms with Gasteiger partial charge in [-0.1, -0.05) is 353 Å². The fourth-order valence-electron chi connectivity index (χ4n) is 10.9. The molecule has 0 saturated heterocycles. The highest BCUT2D eigenvalue weighted by Gasteiger charge is 2.18. The smallest absolute Gasteiger partial charge is 0.305 e. The minimum atomic E-state index is -0.843. The van der Waals surface area contributed by atoms with Gasteiger partial charge in [0.2, 0.25) is 5.91 Å². The largest absolute Gasteiger partial charge is 0.466 e. The van der Waals surface area contributed by atoms with Gasteiger partial charge in [0.15, 0.2) is 0 Å². The average Bonchev–Trinajstić information content (AvgIpc) is 3.40. The van der Waals surface area contributed by atoms with Gasteiger partial charge in [-0.3, -0.25) is 9.59 Å². The fourth-order valence-corrected chi connectivity index (χ4v) is 10.9. The number of nitrogens with one attached hydrogen (secondary N) is 1. The Kier molecular flexibility index (Phi) is 62.9. The molecule has 0 spiro atoms. The first-order chi connectivity index (χ1) is 36.5. The molecule has 0 fully saturated rings. The van der Waals surface area contributed by atoms with Crippen molar-refractivity contribution in [1.82, 2.24) is 5.32 Å². The lowest BCUT2D eigenvalue weighted by molar-refractivity contribution is -0.143. The zero-order valence-corrected chi connectivity index (χ0v) is 50.4. The molecule has 74 heavy (non-hydrogen) atoms. The first kappa shape index (κ1) is 72.6. The van der Waals surface area contributed by atoms with Crippen molar-refractivity contribution in [2.45, 2.75) is 398 Å². The third kappa shape index (κ3) is 59.8. The van der Waals surface area contributed by atoms with Gasteiger partial charge < -0.3 is 20.3 Å². The molecule has 2 atom stereocenters. The Bertz CT molecular complexity index is 1110. The lowest BCUT2D eigenvalue weighted by atomic mass is 10.0. The first-order valence-electron chi connectivity index (χ1n) is 34.0. The monoisotopic (exact) mass is 1040 g/mol. The first-order valence-corrected chi connectivity index (χ1v) is 34.0. The highest BCUT2D eigenvalue weighted by Crippen LogP contribution is 2.19. The topological polar surface area (TPSA) is 95.9 Å². The summed E-state index contributed by atoms with van der Waals surface area (Å²) in [4.78, 5) is 24.6. The number of unbranched alkanes of at least 4 members (excludes halogenated alkanes) is 53. The van der Waals surface area contributed by atoms with E-state index in [4.69, 9.17) is 4.74 Å². The van der Waals surface area contributed by atoms with Crippen molar-refractivity contribution in [3.63, 3.8) is 0 Å². The summed E-state index contributed by atoms with van der Waals surface area (Å²) in [5, 5.41) is 23.2. The third-order valence-corrected chi connectivity index (χ3v) is 16.1. The molecule has 0 saturated carbocycles. The van der Waals surface area contributed by atoms with Crippen LogP contribution in [0, 0.1) is 0 Å². The summed E-state index contributed by atoms with van der Waals surface area (Å²) in [6.45, 7) is 4.94. The van der Waals surface area contributed by atoms with E-state index < -0.39 is 12.1 Å². The van der Waals surface area contributed by atoms with Gasteiger partial charge in [0.25, 0.3) is 0 Å². The van der Waals surface area contributed by atoms with Gasteiger partial charge in [-0.05, 0) is 32.1 Å². The summed E-state index contributed by atoms with van der Waals surface area (Å²) in [6.07, 6.45) is 78.5. The molecule has 2 unspecified atom stereocenters. The molecule has 440 valence electrons. The molecule has 6 heteroatoms. The Morgan fingerprint density at radius 2 is 0.622 bits per heavy atom. The maximum Gasteiger partial charge on any atom is 0.305 e. The van der Waals surface area contributed by atoms with Gasteiger partial charge >= 0.3 is 5.97 Å². The van der Waals surface area contributed by atoms with Crippen molar-refractivity contribution in [1.29, 1.82) is 0 Å². The highest BCUT2D eigenvalue weighted by atomic mass is 16.5. The van der Waals surface area contributed by atoms with Gasteiger partial charge in [-0.15, -0.1) is 0 Å². The van der Waals surface area contributed by atoms with Crippen molar-refractivity contribution < 1.29 is 24.5 Å². The van der Waals surface area contributed by atoms with E-state index in [0.717, 1.165) is 38.5 Å². The molecular formula is C68H133NO5. The minimum absolute atomic E-state index is 0.0198. The molecule has 0 radical (unpaired) electrons. The van der Waals surface area contributed by atoms with E-state index in [0.29, 0.717) is 19.4 Å². The van der Waals surface area contributed by atoms with Crippen LogP contribution < -0.4 is 5.32 Å². The predicted molar refractivity (Wildman–Crippen MR) is 324 cm³/mol. The molecule has 0 aliphatic rings. The van der Waals surface area contributed by atoms with Gasteiger partial charge in [-0.25, -0.2) is 0 Å². The number of hydrogen-bond acceptors (Lipinski definition) is 5. The number of carbonyl (C=O) groups is 2. The van der Waals surface area contributed by atoms with E-state index in [-0.39, 0.29) is 18.5 Å². The molecule has 0 aliphatic carbocycles. The number of aliphatic hydroxyl groups excluding tert-OH is 2. The van der Waals surface area contributed by atoms with Crippen LogP contribution in [-0.4, -0.2) is 47.4 Å². The van der Waals surface area contributed by atoms with E-state index in [1.54, 1.807) is 6.08 Å². The number of aliphatic hydroxyl groups is 2. The molecule has 0 aromatic heterocycles. The number of ether oxygens (including phenoxy) is 1. The molecular weight excluding hydrogens is 911 g/mol. The molecule has 0 aromatic rings. The second-order valence-electron chi connectivity index (χ2n) is 23.5. The summed E-state index contributed by atoms with van der Waals surface area (Å²) in [6, 6.07) is -0.626. The SMILES string of the molecule is CCCCCCCCCCCCCCCC/C=C/C(O)C(CO)NC(=O)CCCCCCCCCCCCCCCCCCCCCCCCCCOC(=O)CCCCCCCCCCCCCCCCCCC. The van der Waals surface area contributed by atoms with Crippen LogP contribution in [-0.2, 0) is 14.3 Å².